The summed E-state index contributed by atoms with van der Waals surface area (Å²) in [5.41, 5.74) is -1.12. The van der Waals surface area contributed by atoms with Crippen LogP contribution in [0.15, 0.2) is 0 Å². The Bertz CT molecular complexity index is 413. The lowest BCUT2D eigenvalue weighted by Gasteiger charge is -2.35. The average Bonchev–Trinajstić information content (AvgIpc) is 2.35. The fourth-order valence-corrected chi connectivity index (χ4v) is 4.72. The molecule has 2 aliphatic carbocycles. The third-order valence-corrected chi connectivity index (χ3v) is 5.65. The minimum absolute atomic E-state index is 0.122. The van der Waals surface area contributed by atoms with E-state index in [-0.39, 0.29) is 17.5 Å². The van der Waals surface area contributed by atoms with E-state index in [0.29, 0.717) is 6.42 Å². The number of ketones is 1. The van der Waals surface area contributed by atoms with E-state index in [1.54, 1.807) is 0 Å². The fourth-order valence-electron chi connectivity index (χ4n) is 3.41. The summed E-state index contributed by atoms with van der Waals surface area (Å²) in [7, 11) is -4.01. The van der Waals surface area contributed by atoms with E-state index in [4.69, 9.17) is 4.55 Å². The zero-order chi connectivity index (χ0) is 11.5. The molecule has 3 atom stereocenters. The highest BCUT2D eigenvalue weighted by molar-refractivity contribution is 7.85. The molecular formula is C10H16O4S. The molecule has 0 radical (unpaired) electrons. The summed E-state index contributed by atoms with van der Waals surface area (Å²) < 4.78 is 31.0. The number of hydrogen-bond acceptors (Lipinski definition) is 3. The van der Waals surface area contributed by atoms with E-state index < -0.39 is 20.9 Å². The Morgan fingerprint density at radius 3 is 2.40 bits per heavy atom. The summed E-state index contributed by atoms with van der Waals surface area (Å²) in [5.74, 6) is -0.00535. The second-order valence-electron chi connectivity index (χ2n) is 5.34. The van der Waals surface area contributed by atoms with Crippen LogP contribution in [-0.4, -0.2) is 24.5 Å². The summed E-state index contributed by atoms with van der Waals surface area (Å²) in [4.78, 5) is 11.8. The maximum atomic E-state index is 11.8. The third-order valence-electron chi connectivity index (χ3n) is 4.68. The maximum Gasteiger partial charge on any atom is 0.265 e. The predicted octanol–water partition coefficient (Wildman–Crippen LogP) is 1.27. The molecule has 0 heterocycles. The molecule has 0 amide bonds. The monoisotopic (exact) mass is 232 g/mol. The average molecular weight is 232 g/mol. The molecule has 5 heteroatoms. The fraction of sp³-hybridized carbons (Fsp3) is 0.900. The van der Waals surface area contributed by atoms with E-state index in [2.05, 4.69) is 0 Å². The van der Waals surface area contributed by atoms with Gasteiger partial charge in [0, 0.05) is 11.8 Å². The predicted molar refractivity (Wildman–Crippen MR) is 55.0 cm³/mol. The molecule has 1 N–H and O–H groups in total. The van der Waals surface area contributed by atoms with Crippen molar-refractivity contribution in [2.75, 3.05) is 5.75 Å². The van der Waals surface area contributed by atoms with Crippen molar-refractivity contribution in [2.45, 2.75) is 33.1 Å². The minimum Gasteiger partial charge on any atom is -0.299 e. The van der Waals surface area contributed by atoms with Crippen molar-refractivity contribution < 1.29 is 17.8 Å². The van der Waals surface area contributed by atoms with Crippen LogP contribution in [0.4, 0.5) is 0 Å². The second kappa shape index (κ2) is 2.83. The molecule has 2 aliphatic rings. The van der Waals surface area contributed by atoms with Gasteiger partial charge >= 0.3 is 0 Å². The molecule has 0 aromatic carbocycles. The van der Waals surface area contributed by atoms with Crippen LogP contribution in [0.5, 0.6) is 0 Å². The van der Waals surface area contributed by atoms with E-state index in [0.717, 1.165) is 12.8 Å². The first kappa shape index (κ1) is 11.1. The number of fused-ring (bicyclic) bond motifs is 2. The summed E-state index contributed by atoms with van der Waals surface area (Å²) >= 11 is 0. The van der Waals surface area contributed by atoms with Gasteiger partial charge in [-0.05, 0) is 24.2 Å². The van der Waals surface area contributed by atoms with Gasteiger partial charge in [0.15, 0.2) is 0 Å². The molecule has 0 aliphatic heterocycles. The molecule has 0 unspecified atom stereocenters. The van der Waals surface area contributed by atoms with Crippen LogP contribution in [0, 0.1) is 16.7 Å². The van der Waals surface area contributed by atoms with Gasteiger partial charge < -0.3 is 0 Å². The van der Waals surface area contributed by atoms with Gasteiger partial charge in [-0.15, -0.1) is 0 Å². The standard InChI is InChI=1S/C10H16O4S/c1-9-4-3-7(5-8(9)11)10(9,2)6-15(12,13)14/h7H,3-6H2,1-2H3,(H,12,13,14)/t7-,9-,10+/m0/s1. The zero-order valence-electron chi connectivity index (χ0n) is 8.99. The number of Topliss-reactive ketones (excluding diaryl/α,β-unsaturated/α-hetero) is 1. The van der Waals surface area contributed by atoms with Crippen molar-refractivity contribution in [2.24, 2.45) is 16.7 Å². The van der Waals surface area contributed by atoms with Crippen LogP contribution >= 0.6 is 0 Å². The van der Waals surface area contributed by atoms with Crippen molar-refractivity contribution in [1.82, 2.24) is 0 Å². The SMILES string of the molecule is C[C@]12CC[C@@H](CC1=O)[C@@]2(C)CS(=O)(=O)O. The van der Waals surface area contributed by atoms with Gasteiger partial charge in [-0.25, -0.2) is 0 Å². The van der Waals surface area contributed by atoms with Crippen LogP contribution in [-0.2, 0) is 14.9 Å². The number of carbonyl (C=O) groups excluding carboxylic acids is 1. The highest BCUT2D eigenvalue weighted by atomic mass is 32.2. The van der Waals surface area contributed by atoms with Crippen LogP contribution in [0.25, 0.3) is 0 Å². The summed E-state index contributed by atoms with van der Waals surface area (Å²) in [6, 6.07) is 0. The summed E-state index contributed by atoms with van der Waals surface area (Å²) in [6.07, 6.45) is 2.12. The first-order valence-corrected chi connectivity index (χ1v) is 6.78. The van der Waals surface area contributed by atoms with Gasteiger partial charge in [-0.1, -0.05) is 13.8 Å². The highest BCUT2D eigenvalue weighted by Gasteiger charge is 2.64. The molecule has 0 aromatic rings. The molecule has 0 saturated heterocycles. The normalized spacial score (nSPS) is 45.0. The molecule has 86 valence electrons. The van der Waals surface area contributed by atoms with E-state index >= 15 is 0 Å². The van der Waals surface area contributed by atoms with Crippen LogP contribution in [0.3, 0.4) is 0 Å². The van der Waals surface area contributed by atoms with Gasteiger partial charge in [0.2, 0.25) is 0 Å². The number of hydrogen-bond donors (Lipinski definition) is 1. The summed E-state index contributed by atoms with van der Waals surface area (Å²) in [6.45, 7) is 3.66. The Labute approximate surface area is 89.8 Å². The Morgan fingerprint density at radius 2 is 2.07 bits per heavy atom. The van der Waals surface area contributed by atoms with Crippen molar-refractivity contribution in [3.05, 3.63) is 0 Å². The first-order chi connectivity index (χ1) is 6.69. The topological polar surface area (TPSA) is 71.4 Å². The first-order valence-electron chi connectivity index (χ1n) is 5.17. The van der Waals surface area contributed by atoms with Gasteiger partial charge in [0.25, 0.3) is 10.1 Å². The molecule has 0 spiro atoms. The van der Waals surface area contributed by atoms with Crippen LogP contribution in [0.1, 0.15) is 33.1 Å². The Hall–Kier alpha value is -0.420. The highest BCUT2D eigenvalue weighted by Crippen LogP contribution is 2.64. The molecule has 2 saturated carbocycles. The summed E-state index contributed by atoms with van der Waals surface area (Å²) in [5, 5.41) is 0. The molecule has 15 heavy (non-hydrogen) atoms. The van der Waals surface area contributed by atoms with Gasteiger partial charge in [-0.3, -0.25) is 9.35 Å². The molecule has 0 aromatic heterocycles. The van der Waals surface area contributed by atoms with Gasteiger partial charge in [0.05, 0.1) is 5.75 Å². The molecule has 2 rings (SSSR count). The second-order valence-corrected chi connectivity index (χ2v) is 6.79. The van der Waals surface area contributed by atoms with Crippen LogP contribution in [0.2, 0.25) is 0 Å². The lowest BCUT2D eigenvalue weighted by molar-refractivity contribution is -0.128. The largest absolute Gasteiger partial charge is 0.299 e. The Kier molecular flexibility index (Phi) is 2.09. The zero-order valence-corrected chi connectivity index (χ0v) is 9.80. The molecule has 2 fully saturated rings. The molecule has 4 nitrogen and oxygen atoms in total. The van der Waals surface area contributed by atoms with Crippen molar-refractivity contribution >= 4 is 15.9 Å². The van der Waals surface area contributed by atoms with Crippen LogP contribution < -0.4 is 0 Å². The molecular weight excluding hydrogens is 216 g/mol. The van der Waals surface area contributed by atoms with Gasteiger partial charge in [0.1, 0.15) is 5.78 Å². The van der Waals surface area contributed by atoms with Crippen molar-refractivity contribution in [3.8, 4) is 0 Å². The molecule has 2 bridgehead atoms. The Morgan fingerprint density at radius 1 is 1.47 bits per heavy atom. The van der Waals surface area contributed by atoms with E-state index in [1.165, 1.54) is 0 Å². The quantitative estimate of drug-likeness (QED) is 0.728. The lowest BCUT2D eigenvalue weighted by atomic mass is 9.70. The number of carbonyl (C=O) groups is 1. The number of rotatable bonds is 2. The Balaban J connectivity index is 2.41. The van der Waals surface area contributed by atoms with Crippen molar-refractivity contribution in [3.63, 3.8) is 0 Å². The maximum absolute atomic E-state index is 11.8. The smallest absolute Gasteiger partial charge is 0.265 e. The third kappa shape index (κ3) is 1.36. The van der Waals surface area contributed by atoms with E-state index in [1.807, 2.05) is 13.8 Å². The van der Waals surface area contributed by atoms with Gasteiger partial charge in [-0.2, -0.15) is 8.42 Å². The van der Waals surface area contributed by atoms with Crippen molar-refractivity contribution in [1.29, 1.82) is 0 Å². The minimum atomic E-state index is -4.01. The van der Waals surface area contributed by atoms with E-state index in [9.17, 15) is 13.2 Å². The lowest BCUT2D eigenvalue weighted by Crippen LogP contribution is -2.40.